The van der Waals surface area contributed by atoms with Crippen LogP contribution in [0.1, 0.15) is 30.0 Å². The van der Waals surface area contributed by atoms with Crippen LogP contribution in [0.25, 0.3) is 117 Å². The predicted octanol–water partition coefficient (Wildman–Crippen LogP) is 18.0. The SMILES string of the molecule is CC1C/C=C(\c2cccc3sc4ccccc4c23)N=C(c2ccc(-n3c4cc5ccccc5cc4c4cc5ccccc5cc43)c3oc4ccccc4c23)N=C1c1cccc2sc3ccccc3c12. The molecule has 0 N–H and O–H groups in total. The fourth-order valence-corrected chi connectivity index (χ4v) is 13.5. The van der Waals surface area contributed by atoms with Gasteiger partial charge in [-0.25, -0.2) is 9.98 Å². The highest BCUT2D eigenvalue weighted by Gasteiger charge is 2.27. The molecule has 0 saturated carbocycles. The van der Waals surface area contributed by atoms with Crippen LogP contribution in [0.3, 0.4) is 0 Å². The van der Waals surface area contributed by atoms with Crippen molar-refractivity contribution in [1.82, 2.24) is 4.57 Å². The fraction of sp³-hybridized carbons (Fsp3) is 0.0476. The lowest BCUT2D eigenvalue weighted by Crippen LogP contribution is -2.17. The van der Waals surface area contributed by atoms with Crippen LogP contribution < -0.4 is 0 Å². The maximum atomic E-state index is 7.17. The number of para-hydroxylation sites is 1. The number of aromatic nitrogens is 1. The van der Waals surface area contributed by atoms with Gasteiger partial charge in [-0.3, -0.25) is 0 Å². The largest absolute Gasteiger partial charge is 0.454 e. The maximum absolute atomic E-state index is 7.17. The summed E-state index contributed by atoms with van der Waals surface area (Å²) >= 11 is 3.68. The monoisotopic (exact) mass is 917 g/mol. The molecule has 0 amide bonds. The van der Waals surface area contributed by atoms with E-state index >= 15 is 0 Å². The summed E-state index contributed by atoms with van der Waals surface area (Å²) in [5, 5.41) is 14.2. The summed E-state index contributed by atoms with van der Waals surface area (Å²) in [6.07, 6.45) is 3.14. The van der Waals surface area contributed by atoms with Crippen LogP contribution in [-0.2, 0) is 0 Å². The topological polar surface area (TPSA) is 42.8 Å². The Morgan fingerprint density at radius 2 is 1.00 bits per heavy atom. The first-order chi connectivity index (χ1) is 34.1. The third kappa shape index (κ3) is 5.86. The zero-order valence-electron chi connectivity index (χ0n) is 37.4. The summed E-state index contributed by atoms with van der Waals surface area (Å²) in [7, 11) is 0. The smallest absolute Gasteiger partial charge is 0.160 e. The highest BCUT2D eigenvalue weighted by Crippen LogP contribution is 2.45. The Bertz CT molecular complexity index is 4520. The molecule has 324 valence electrons. The van der Waals surface area contributed by atoms with Gasteiger partial charge in [0.1, 0.15) is 5.58 Å². The summed E-state index contributed by atoms with van der Waals surface area (Å²) in [5.74, 6) is 0.740. The van der Waals surface area contributed by atoms with Crippen molar-refractivity contribution in [3.8, 4) is 5.69 Å². The molecule has 0 aliphatic carbocycles. The van der Waals surface area contributed by atoms with Crippen LogP contribution in [-0.4, -0.2) is 16.1 Å². The van der Waals surface area contributed by atoms with Crippen molar-refractivity contribution < 1.29 is 4.42 Å². The number of furan rings is 1. The van der Waals surface area contributed by atoms with Crippen molar-refractivity contribution >= 4 is 146 Å². The number of allylic oxidation sites excluding steroid dienone is 1. The lowest BCUT2D eigenvalue weighted by Gasteiger charge is -2.20. The van der Waals surface area contributed by atoms with Crippen molar-refractivity contribution in [3.63, 3.8) is 0 Å². The van der Waals surface area contributed by atoms with Gasteiger partial charge in [0.15, 0.2) is 11.4 Å². The molecule has 1 aliphatic rings. The standard InChI is InChI=1S/C63H39N3OS2/c1-36-28-30-49(41-21-12-26-56-58(41)43-19-7-10-24-54(43)68-56)64-63(65-61(36)45-22-13-27-57-59(45)44-20-8-11-25-55(44)69-57)46-29-31-50(62-60(46)42-18-6-9-23-53(42)67-62)66-51-34-39-16-4-2-14-37(39)32-47(51)48-33-38-15-3-5-17-40(38)35-52(48)66/h2-27,29-36H,28H2,1H3/b49-30+,64-63?,65-61?. The van der Waals surface area contributed by atoms with Gasteiger partial charge in [-0.05, 0) is 94.7 Å². The van der Waals surface area contributed by atoms with Crippen molar-refractivity contribution in [2.75, 3.05) is 0 Å². The number of rotatable bonds is 4. The molecule has 1 atom stereocenters. The molecule has 69 heavy (non-hydrogen) atoms. The van der Waals surface area contributed by atoms with E-state index in [1.807, 2.05) is 22.7 Å². The fourth-order valence-electron chi connectivity index (χ4n) is 11.2. The van der Waals surface area contributed by atoms with Gasteiger partial charge >= 0.3 is 0 Å². The third-order valence-corrected chi connectivity index (χ3v) is 16.7. The van der Waals surface area contributed by atoms with Gasteiger partial charge in [0.2, 0.25) is 0 Å². The van der Waals surface area contributed by atoms with Gasteiger partial charge in [0, 0.05) is 84.5 Å². The van der Waals surface area contributed by atoms with E-state index in [1.54, 1.807) is 0 Å². The predicted molar refractivity (Wildman–Crippen MR) is 297 cm³/mol. The van der Waals surface area contributed by atoms with Crippen molar-refractivity contribution in [3.05, 3.63) is 217 Å². The van der Waals surface area contributed by atoms with Gasteiger partial charge in [0.05, 0.1) is 28.1 Å². The Morgan fingerprint density at radius 1 is 0.464 bits per heavy atom. The highest BCUT2D eigenvalue weighted by molar-refractivity contribution is 7.26. The van der Waals surface area contributed by atoms with Crippen LogP contribution in [0.4, 0.5) is 0 Å². The first-order valence-electron chi connectivity index (χ1n) is 23.6. The number of nitrogens with zero attached hydrogens (tertiary/aromatic N) is 3. The first-order valence-corrected chi connectivity index (χ1v) is 25.2. The summed E-state index contributed by atoms with van der Waals surface area (Å²) in [6, 6.07) is 70.5. The Morgan fingerprint density at radius 3 is 1.65 bits per heavy atom. The molecular weight excluding hydrogens is 879 g/mol. The van der Waals surface area contributed by atoms with E-state index in [0.717, 1.165) is 73.2 Å². The van der Waals surface area contributed by atoms with Gasteiger partial charge in [-0.1, -0.05) is 140 Å². The number of hydrogen-bond acceptors (Lipinski definition) is 5. The maximum Gasteiger partial charge on any atom is 0.160 e. The first kappa shape index (κ1) is 38.9. The molecule has 0 saturated heterocycles. The number of benzene rings is 10. The molecule has 5 heterocycles. The molecule has 6 heteroatoms. The van der Waals surface area contributed by atoms with E-state index in [2.05, 4.69) is 212 Å². The minimum Gasteiger partial charge on any atom is -0.454 e. The molecule has 10 aromatic carbocycles. The van der Waals surface area contributed by atoms with Crippen molar-refractivity contribution in [2.24, 2.45) is 15.9 Å². The average molecular weight is 918 g/mol. The summed E-state index contributed by atoms with van der Waals surface area (Å²) < 4.78 is 14.6. The van der Waals surface area contributed by atoms with Crippen LogP contribution >= 0.6 is 22.7 Å². The molecule has 0 radical (unpaired) electrons. The Kier molecular flexibility index (Phi) is 8.41. The number of hydrogen-bond donors (Lipinski definition) is 0. The molecule has 0 fully saturated rings. The minimum atomic E-state index is 0.0753. The second-order valence-electron chi connectivity index (χ2n) is 18.4. The van der Waals surface area contributed by atoms with Gasteiger partial charge in [-0.15, -0.1) is 22.7 Å². The Labute approximate surface area is 404 Å². The van der Waals surface area contributed by atoms with E-state index in [1.165, 1.54) is 72.7 Å². The number of aliphatic imine (C=N–C) groups is 2. The minimum absolute atomic E-state index is 0.0753. The second kappa shape index (κ2) is 14.9. The second-order valence-corrected chi connectivity index (χ2v) is 20.6. The van der Waals surface area contributed by atoms with E-state index in [4.69, 9.17) is 14.4 Å². The Balaban J connectivity index is 1.05. The lowest BCUT2D eigenvalue weighted by molar-refractivity contribution is 0.666. The van der Waals surface area contributed by atoms with Crippen LogP contribution in [0, 0.1) is 5.92 Å². The quantitative estimate of drug-likeness (QED) is 0.173. The number of fused-ring (bicyclic) bond motifs is 14. The molecule has 4 aromatic heterocycles. The number of amidine groups is 1. The lowest BCUT2D eigenvalue weighted by atomic mass is 9.90. The van der Waals surface area contributed by atoms with Crippen molar-refractivity contribution in [1.29, 1.82) is 0 Å². The molecule has 1 aliphatic heterocycles. The molecule has 0 spiro atoms. The average Bonchev–Trinajstić information content (AvgIpc) is 4.15. The zero-order valence-corrected chi connectivity index (χ0v) is 39.0. The van der Waals surface area contributed by atoms with E-state index < -0.39 is 0 Å². The molecular formula is C63H39N3OS2. The van der Waals surface area contributed by atoms with Gasteiger partial charge < -0.3 is 8.98 Å². The van der Waals surface area contributed by atoms with E-state index in [0.29, 0.717) is 5.84 Å². The Hall–Kier alpha value is -8.16. The molecule has 14 aromatic rings. The van der Waals surface area contributed by atoms with Crippen LogP contribution in [0.15, 0.2) is 215 Å². The van der Waals surface area contributed by atoms with Gasteiger partial charge in [-0.2, -0.15) is 0 Å². The van der Waals surface area contributed by atoms with Gasteiger partial charge in [0.25, 0.3) is 0 Å². The summed E-state index contributed by atoms with van der Waals surface area (Å²) in [4.78, 5) is 11.7. The molecule has 15 rings (SSSR count). The third-order valence-electron chi connectivity index (χ3n) is 14.4. The van der Waals surface area contributed by atoms with Crippen LogP contribution in [0.2, 0.25) is 0 Å². The molecule has 1 unspecified atom stereocenters. The van der Waals surface area contributed by atoms with E-state index in [9.17, 15) is 0 Å². The molecule has 4 nitrogen and oxygen atoms in total. The zero-order chi connectivity index (χ0) is 45.3. The van der Waals surface area contributed by atoms with Crippen LogP contribution in [0.5, 0.6) is 0 Å². The van der Waals surface area contributed by atoms with E-state index in [-0.39, 0.29) is 5.92 Å². The summed E-state index contributed by atoms with van der Waals surface area (Å²) in [5.41, 5.74) is 10.0. The van der Waals surface area contributed by atoms with Crippen molar-refractivity contribution in [2.45, 2.75) is 13.3 Å². The normalized spacial score (nSPS) is 15.6. The highest BCUT2D eigenvalue weighted by atomic mass is 32.1. The molecule has 0 bridgehead atoms. The summed E-state index contributed by atoms with van der Waals surface area (Å²) in [6.45, 7) is 2.32. The number of thiophene rings is 2.